The number of hydrogen-bond acceptors (Lipinski definition) is 4. The zero-order valence-corrected chi connectivity index (χ0v) is 10.9. The van der Waals surface area contributed by atoms with Crippen molar-refractivity contribution in [1.82, 2.24) is 5.32 Å². The number of carbonyl (C=O) groups excluding carboxylic acids is 1. The van der Waals surface area contributed by atoms with Crippen LogP contribution in [0.5, 0.6) is 0 Å². The zero-order chi connectivity index (χ0) is 13.6. The van der Waals surface area contributed by atoms with E-state index in [4.69, 9.17) is 16.7 Å². The van der Waals surface area contributed by atoms with Crippen molar-refractivity contribution in [1.29, 1.82) is 0 Å². The van der Waals surface area contributed by atoms with Gasteiger partial charge in [-0.1, -0.05) is 17.7 Å². The number of hydrogen-bond donors (Lipinski definition) is 4. The van der Waals surface area contributed by atoms with E-state index in [0.717, 1.165) is 0 Å². The molecule has 0 saturated carbocycles. The van der Waals surface area contributed by atoms with Gasteiger partial charge in [-0.3, -0.25) is 4.79 Å². The minimum absolute atomic E-state index is 0.0443. The number of aliphatic hydroxyl groups excluding tert-OH is 1. The molecule has 0 radical (unpaired) electrons. The monoisotopic (exact) mass is 272 g/mol. The highest BCUT2D eigenvalue weighted by atomic mass is 35.5. The molecule has 1 unspecified atom stereocenters. The zero-order valence-electron chi connectivity index (χ0n) is 10.1. The average molecular weight is 273 g/mol. The Morgan fingerprint density at radius 2 is 2.22 bits per heavy atom. The van der Waals surface area contributed by atoms with Crippen LogP contribution < -0.4 is 10.6 Å². The molecule has 5 nitrogen and oxygen atoms in total. The third-order valence-electron chi connectivity index (χ3n) is 2.24. The SMILES string of the molecule is CC(O)(CO)CNCC(=O)Nc1cccc(Cl)c1. The van der Waals surface area contributed by atoms with Gasteiger partial charge in [0.25, 0.3) is 0 Å². The van der Waals surface area contributed by atoms with Crippen molar-refractivity contribution < 1.29 is 15.0 Å². The Morgan fingerprint density at radius 1 is 1.50 bits per heavy atom. The lowest BCUT2D eigenvalue weighted by Gasteiger charge is -2.20. The molecule has 0 spiro atoms. The van der Waals surface area contributed by atoms with E-state index < -0.39 is 5.60 Å². The van der Waals surface area contributed by atoms with E-state index >= 15 is 0 Å². The van der Waals surface area contributed by atoms with Crippen molar-refractivity contribution in [3.05, 3.63) is 29.3 Å². The predicted octanol–water partition coefficient (Wildman–Crippen LogP) is 0.611. The molecule has 1 amide bonds. The molecule has 6 heteroatoms. The summed E-state index contributed by atoms with van der Waals surface area (Å²) >= 11 is 5.78. The second-order valence-corrected chi connectivity index (χ2v) is 4.75. The number of rotatable bonds is 6. The molecule has 1 aromatic rings. The number of halogens is 1. The van der Waals surface area contributed by atoms with E-state index in [1.807, 2.05) is 0 Å². The lowest BCUT2D eigenvalue weighted by atomic mass is 10.1. The fourth-order valence-corrected chi connectivity index (χ4v) is 1.46. The van der Waals surface area contributed by atoms with Gasteiger partial charge in [0.15, 0.2) is 0 Å². The maximum absolute atomic E-state index is 11.5. The number of nitrogens with one attached hydrogen (secondary N) is 2. The number of aliphatic hydroxyl groups is 2. The first-order valence-corrected chi connectivity index (χ1v) is 5.90. The predicted molar refractivity (Wildman–Crippen MR) is 70.7 cm³/mol. The molecular formula is C12H17ClN2O3. The summed E-state index contributed by atoms with van der Waals surface area (Å²) in [6, 6.07) is 6.83. The summed E-state index contributed by atoms with van der Waals surface area (Å²) in [7, 11) is 0. The van der Waals surface area contributed by atoms with E-state index in [1.54, 1.807) is 24.3 Å². The summed E-state index contributed by atoms with van der Waals surface area (Å²) in [5.74, 6) is -0.244. The molecule has 100 valence electrons. The fourth-order valence-electron chi connectivity index (χ4n) is 1.27. The molecule has 0 bridgehead atoms. The maximum atomic E-state index is 11.5. The molecule has 0 aliphatic rings. The van der Waals surface area contributed by atoms with Crippen LogP contribution in [-0.4, -0.2) is 41.4 Å². The normalized spacial score (nSPS) is 14.0. The highest BCUT2D eigenvalue weighted by Crippen LogP contribution is 2.14. The summed E-state index contributed by atoms with van der Waals surface area (Å²) in [6.07, 6.45) is 0. The van der Waals surface area contributed by atoms with Gasteiger partial charge in [-0.15, -0.1) is 0 Å². The Kier molecular flexibility index (Phi) is 5.55. The van der Waals surface area contributed by atoms with Crippen molar-refractivity contribution >= 4 is 23.2 Å². The quantitative estimate of drug-likeness (QED) is 0.612. The van der Waals surface area contributed by atoms with Gasteiger partial charge >= 0.3 is 0 Å². The van der Waals surface area contributed by atoms with Crippen molar-refractivity contribution in [2.45, 2.75) is 12.5 Å². The maximum Gasteiger partial charge on any atom is 0.238 e. The molecule has 1 atom stereocenters. The molecule has 0 saturated heterocycles. The molecule has 0 aromatic heterocycles. The summed E-state index contributed by atoms with van der Waals surface area (Å²) in [6.45, 7) is 1.29. The van der Waals surface area contributed by atoms with Gasteiger partial charge < -0.3 is 20.8 Å². The van der Waals surface area contributed by atoms with Crippen molar-refractivity contribution in [3.8, 4) is 0 Å². The first kappa shape index (κ1) is 14.9. The number of benzene rings is 1. The Bertz CT molecular complexity index is 410. The van der Waals surface area contributed by atoms with E-state index in [2.05, 4.69) is 10.6 Å². The molecule has 1 rings (SSSR count). The Balaban J connectivity index is 2.34. The van der Waals surface area contributed by atoms with Crippen molar-refractivity contribution in [2.24, 2.45) is 0 Å². The van der Waals surface area contributed by atoms with Crippen LogP contribution in [0, 0.1) is 0 Å². The molecule has 0 heterocycles. The van der Waals surface area contributed by atoms with Gasteiger partial charge in [-0.05, 0) is 25.1 Å². The highest BCUT2D eigenvalue weighted by molar-refractivity contribution is 6.30. The van der Waals surface area contributed by atoms with E-state index in [1.165, 1.54) is 6.92 Å². The molecule has 18 heavy (non-hydrogen) atoms. The van der Waals surface area contributed by atoms with Gasteiger partial charge in [0.05, 0.1) is 18.8 Å². The lowest BCUT2D eigenvalue weighted by molar-refractivity contribution is -0.115. The summed E-state index contributed by atoms with van der Waals surface area (Å²) in [5.41, 5.74) is -0.612. The third-order valence-corrected chi connectivity index (χ3v) is 2.48. The second-order valence-electron chi connectivity index (χ2n) is 4.32. The Labute approximate surface area is 111 Å². The molecular weight excluding hydrogens is 256 g/mol. The molecule has 0 fully saturated rings. The molecule has 4 N–H and O–H groups in total. The summed E-state index contributed by atoms with van der Waals surface area (Å²) < 4.78 is 0. The van der Waals surface area contributed by atoms with Crippen LogP contribution in [0.1, 0.15) is 6.92 Å². The number of carbonyl (C=O) groups is 1. The van der Waals surface area contributed by atoms with Crippen LogP contribution in [0.2, 0.25) is 5.02 Å². The summed E-state index contributed by atoms with van der Waals surface area (Å²) in [5, 5.41) is 24.3. The Hall–Kier alpha value is -1.14. The van der Waals surface area contributed by atoms with Crippen LogP contribution >= 0.6 is 11.6 Å². The first-order valence-electron chi connectivity index (χ1n) is 5.52. The minimum Gasteiger partial charge on any atom is -0.393 e. The molecule has 0 aliphatic heterocycles. The second kappa shape index (κ2) is 6.70. The molecule has 0 aliphatic carbocycles. The first-order chi connectivity index (χ1) is 8.43. The van der Waals surface area contributed by atoms with Gasteiger partial charge in [0.1, 0.15) is 0 Å². The Morgan fingerprint density at radius 3 is 2.83 bits per heavy atom. The lowest BCUT2D eigenvalue weighted by Crippen LogP contribution is -2.43. The van der Waals surface area contributed by atoms with Gasteiger partial charge in [0.2, 0.25) is 5.91 Å². The van der Waals surface area contributed by atoms with Gasteiger partial charge in [-0.25, -0.2) is 0 Å². The van der Waals surface area contributed by atoms with Crippen LogP contribution in [0.15, 0.2) is 24.3 Å². The van der Waals surface area contributed by atoms with Crippen LogP contribution in [0.4, 0.5) is 5.69 Å². The van der Waals surface area contributed by atoms with E-state index in [0.29, 0.717) is 10.7 Å². The topological polar surface area (TPSA) is 81.6 Å². The van der Waals surface area contributed by atoms with Gasteiger partial charge in [-0.2, -0.15) is 0 Å². The van der Waals surface area contributed by atoms with Gasteiger partial charge in [0, 0.05) is 17.3 Å². The summed E-state index contributed by atoms with van der Waals surface area (Å²) in [4.78, 5) is 11.5. The van der Waals surface area contributed by atoms with Crippen LogP contribution in [0.25, 0.3) is 0 Å². The average Bonchev–Trinajstić information content (AvgIpc) is 2.28. The number of anilines is 1. The number of amides is 1. The molecule has 1 aromatic carbocycles. The largest absolute Gasteiger partial charge is 0.393 e. The van der Waals surface area contributed by atoms with Crippen molar-refractivity contribution in [3.63, 3.8) is 0 Å². The minimum atomic E-state index is -1.23. The fraction of sp³-hybridized carbons (Fsp3) is 0.417. The van der Waals surface area contributed by atoms with Crippen molar-refractivity contribution in [2.75, 3.05) is 25.0 Å². The standard InChI is InChI=1S/C12H17ClN2O3/c1-12(18,8-16)7-14-6-11(17)15-10-4-2-3-9(13)5-10/h2-5,14,16,18H,6-8H2,1H3,(H,15,17). The van der Waals surface area contributed by atoms with E-state index in [9.17, 15) is 9.90 Å². The third kappa shape index (κ3) is 5.46. The van der Waals surface area contributed by atoms with E-state index in [-0.39, 0.29) is 25.6 Å². The van der Waals surface area contributed by atoms with Crippen LogP contribution in [-0.2, 0) is 4.79 Å². The highest BCUT2D eigenvalue weighted by Gasteiger charge is 2.18. The van der Waals surface area contributed by atoms with Crippen LogP contribution in [0.3, 0.4) is 0 Å². The smallest absolute Gasteiger partial charge is 0.238 e.